The van der Waals surface area contributed by atoms with E-state index < -0.39 is 0 Å². The Balaban J connectivity index is 2.17. The molecular formula is C16H18Cl2O2. The fourth-order valence-corrected chi connectivity index (χ4v) is 3.01. The van der Waals surface area contributed by atoms with E-state index in [2.05, 4.69) is 13.8 Å². The number of esters is 1. The van der Waals surface area contributed by atoms with Crippen molar-refractivity contribution in [2.75, 3.05) is 6.61 Å². The van der Waals surface area contributed by atoms with Crippen LogP contribution in [-0.4, -0.2) is 12.6 Å². The molecule has 1 aliphatic carbocycles. The van der Waals surface area contributed by atoms with E-state index in [4.69, 9.17) is 27.9 Å². The zero-order valence-electron chi connectivity index (χ0n) is 11.8. The van der Waals surface area contributed by atoms with Gasteiger partial charge in [0.1, 0.15) is 0 Å². The molecule has 0 heterocycles. The molecule has 1 saturated carbocycles. The molecule has 20 heavy (non-hydrogen) atoms. The van der Waals surface area contributed by atoms with Crippen LogP contribution in [0.1, 0.15) is 26.3 Å². The highest BCUT2D eigenvalue weighted by Gasteiger charge is 2.61. The second kappa shape index (κ2) is 5.79. The van der Waals surface area contributed by atoms with E-state index in [0.29, 0.717) is 16.7 Å². The van der Waals surface area contributed by atoms with Crippen LogP contribution in [0.15, 0.2) is 30.3 Å². The van der Waals surface area contributed by atoms with Crippen molar-refractivity contribution in [1.29, 1.82) is 0 Å². The molecule has 0 radical (unpaired) electrons. The van der Waals surface area contributed by atoms with E-state index in [1.54, 1.807) is 6.07 Å². The van der Waals surface area contributed by atoms with Crippen LogP contribution in [0.5, 0.6) is 0 Å². The summed E-state index contributed by atoms with van der Waals surface area (Å²) in [6.07, 6.45) is 1.94. The smallest absolute Gasteiger partial charge is 0.310 e. The van der Waals surface area contributed by atoms with Gasteiger partial charge in [0.2, 0.25) is 0 Å². The number of carbonyl (C=O) groups is 1. The summed E-state index contributed by atoms with van der Waals surface area (Å²) in [5, 5.41) is 1.27. The van der Waals surface area contributed by atoms with Crippen LogP contribution in [0, 0.1) is 17.3 Å². The fraction of sp³-hybridized carbons (Fsp3) is 0.438. The van der Waals surface area contributed by atoms with Crippen molar-refractivity contribution in [2.45, 2.75) is 20.8 Å². The molecule has 1 fully saturated rings. The number of benzene rings is 1. The van der Waals surface area contributed by atoms with Crippen LogP contribution in [0.3, 0.4) is 0 Å². The minimum Gasteiger partial charge on any atom is -0.466 e. The van der Waals surface area contributed by atoms with Crippen molar-refractivity contribution in [1.82, 2.24) is 0 Å². The lowest BCUT2D eigenvalue weighted by molar-refractivity contribution is -0.145. The molecule has 2 atom stereocenters. The predicted octanol–water partition coefficient (Wildman–Crippen LogP) is 4.76. The number of hydrogen-bond donors (Lipinski definition) is 0. The fourth-order valence-electron chi connectivity index (χ4n) is 2.56. The maximum absolute atomic E-state index is 11.9. The van der Waals surface area contributed by atoms with E-state index >= 15 is 0 Å². The van der Waals surface area contributed by atoms with Gasteiger partial charge in [0.15, 0.2) is 0 Å². The van der Waals surface area contributed by atoms with Crippen molar-refractivity contribution >= 4 is 34.2 Å². The summed E-state index contributed by atoms with van der Waals surface area (Å²) in [6.45, 7) is 6.33. The number of ether oxygens (including phenoxy) is 1. The molecule has 4 heteroatoms. The van der Waals surface area contributed by atoms with Crippen LogP contribution >= 0.6 is 23.2 Å². The first kappa shape index (κ1) is 15.4. The Bertz CT molecular complexity index is 549. The molecule has 0 unspecified atom stereocenters. The highest BCUT2D eigenvalue weighted by molar-refractivity contribution is 6.49. The van der Waals surface area contributed by atoms with Gasteiger partial charge < -0.3 is 4.74 Å². The average Bonchev–Trinajstić information content (AvgIpc) is 2.91. The molecule has 0 saturated heterocycles. The lowest BCUT2D eigenvalue weighted by Gasteiger charge is -2.01. The van der Waals surface area contributed by atoms with Crippen molar-refractivity contribution in [2.24, 2.45) is 17.3 Å². The Hall–Kier alpha value is -0.990. The summed E-state index contributed by atoms with van der Waals surface area (Å²) < 4.78 is 5.11. The topological polar surface area (TPSA) is 26.3 Å². The number of halogens is 2. The van der Waals surface area contributed by atoms with Gasteiger partial charge in [-0.3, -0.25) is 4.79 Å². The minimum absolute atomic E-state index is 0.105. The molecular weight excluding hydrogens is 295 g/mol. The van der Waals surface area contributed by atoms with Gasteiger partial charge in [-0.05, 0) is 36.0 Å². The van der Waals surface area contributed by atoms with E-state index in [0.717, 1.165) is 5.56 Å². The van der Waals surface area contributed by atoms with Crippen molar-refractivity contribution < 1.29 is 9.53 Å². The van der Waals surface area contributed by atoms with Gasteiger partial charge in [-0.25, -0.2) is 0 Å². The Labute approximate surface area is 129 Å². The van der Waals surface area contributed by atoms with Gasteiger partial charge in [0.05, 0.1) is 12.5 Å². The molecule has 0 aromatic heterocycles. The van der Waals surface area contributed by atoms with Crippen molar-refractivity contribution in [3.05, 3.63) is 40.9 Å². The maximum atomic E-state index is 11.9. The molecule has 0 spiro atoms. The molecule has 0 N–H and O–H groups in total. The van der Waals surface area contributed by atoms with Crippen LogP contribution in [0.4, 0.5) is 0 Å². The Kier molecular flexibility index (Phi) is 4.46. The summed E-state index contributed by atoms with van der Waals surface area (Å²) in [7, 11) is 0. The van der Waals surface area contributed by atoms with Crippen LogP contribution < -0.4 is 0 Å². The molecule has 1 aliphatic rings. The third-order valence-corrected chi connectivity index (χ3v) is 4.46. The third-order valence-electron chi connectivity index (χ3n) is 3.88. The van der Waals surface area contributed by atoms with Crippen LogP contribution in [0.25, 0.3) is 5.03 Å². The molecule has 0 aliphatic heterocycles. The summed E-state index contributed by atoms with van der Waals surface area (Å²) in [6, 6.07) is 7.38. The van der Waals surface area contributed by atoms with E-state index in [1.165, 1.54) is 0 Å². The first-order valence-corrected chi connectivity index (χ1v) is 7.43. The molecule has 0 amide bonds. The quantitative estimate of drug-likeness (QED) is 0.750. The lowest BCUT2D eigenvalue weighted by atomic mass is 10.1. The number of rotatable bonds is 4. The molecule has 2 nitrogen and oxygen atoms in total. The molecule has 0 bridgehead atoms. The number of hydrogen-bond acceptors (Lipinski definition) is 2. The van der Waals surface area contributed by atoms with Gasteiger partial charge in [-0.1, -0.05) is 55.3 Å². The van der Waals surface area contributed by atoms with Crippen molar-refractivity contribution in [3.63, 3.8) is 0 Å². The second-order valence-electron chi connectivity index (χ2n) is 5.60. The Morgan fingerprint density at radius 2 is 2.15 bits per heavy atom. The predicted molar refractivity (Wildman–Crippen MR) is 82.7 cm³/mol. The molecule has 1 aromatic rings. The van der Waals surface area contributed by atoms with E-state index in [-0.39, 0.29) is 23.2 Å². The van der Waals surface area contributed by atoms with Crippen molar-refractivity contribution in [3.8, 4) is 0 Å². The van der Waals surface area contributed by atoms with Gasteiger partial charge in [-0.15, -0.1) is 0 Å². The normalized spacial score (nSPS) is 24.4. The average molecular weight is 313 g/mol. The summed E-state index contributed by atoms with van der Waals surface area (Å²) in [5.41, 5.74) is 0.759. The van der Waals surface area contributed by atoms with Gasteiger partial charge in [-0.2, -0.15) is 0 Å². The number of carbonyl (C=O) groups excluding carboxylic acids is 1. The van der Waals surface area contributed by atoms with Gasteiger partial charge in [0.25, 0.3) is 0 Å². The van der Waals surface area contributed by atoms with Gasteiger partial charge >= 0.3 is 5.97 Å². The molecule has 108 valence electrons. The SMILES string of the molecule is CCOC(=O)[C@H]1[C@H](/C=C(\Cl)c2cccc(Cl)c2)C1(C)C. The zero-order chi connectivity index (χ0) is 14.9. The number of allylic oxidation sites excluding steroid dienone is 1. The minimum atomic E-state index is -0.144. The Morgan fingerprint density at radius 3 is 2.75 bits per heavy atom. The van der Waals surface area contributed by atoms with E-state index in [9.17, 15) is 4.79 Å². The third kappa shape index (κ3) is 3.02. The van der Waals surface area contributed by atoms with Gasteiger partial charge in [0, 0.05) is 10.1 Å². The molecule has 1 aromatic carbocycles. The van der Waals surface area contributed by atoms with E-state index in [1.807, 2.05) is 31.2 Å². The van der Waals surface area contributed by atoms with Crippen LogP contribution in [-0.2, 0) is 9.53 Å². The van der Waals surface area contributed by atoms with Crippen LogP contribution in [0.2, 0.25) is 5.02 Å². The largest absolute Gasteiger partial charge is 0.466 e. The molecule has 2 rings (SSSR count). The Morgan fingerprint density at radius 1 is 1.45 bits per heavy atom. The highest BCUT2D eigenvalue weighted by Crippen LogP contribution is 2.60. The summed E-state index contributed by atoms with van der Waals surface area (Å²) in [5.74, 6) is -0.155. The monoisotopic (exact) mass is 312 g/mol. The highest BCUT2D eigenvalue weighted by atomic mass is 35.5. The first-order valence-electron chi connectivity index (χ1n) is 6.67. The first-order chi connectivity index (χ1) is 9.37. The summed E-state index contributed by atoms with van der Waals surface area (Å²) in [4.78, 5) is 11.9. The second-order valence-corrected chi connectivity index (χ2v) is 6.45. The zero-order valence-corrected chi connectivity index (χ0v) is 13.3. The standard InChI is InChI=1S/C16H18Cl2O2/c1-4-20-15(19)14-12(16(14,2)3)9-13(18)10-6-5-7-11(17)8-10/h5-9,12,14H,4H2,1-3H3/b13-9-/t12-,14+/m0/s1. The summed E-state index contributed by atoms with van der Waals surface area (Å²) >= 11 is 12.3. The lowest BCUT2D eigenvalue weighted by Crippen LogP contribution is -2.10. The maximum Gasteiger partial charge on any atom is 0.310 e.